The molecule has 0 atom stereocenters. The van der Waals surface area contributed by atoms with Crippen LogP contribution in [0.1, 0.15) is 16.7 Å². The van der Waals surface area contributed by atoms with Crippen LogP contribution in [0, 0.1) is 17.0 Å². The first kappa shape index (κ1) is 16.8. The van der Waals surface area contributed by atoms with Crippen molar-refractivity contribution >= 4 is 11.4 Å². The third kappa shape index (κ3) is 3.37. The van der Waals surface area contributed by atoms with Gasteiger partial charge in [0.05, 0.1) is 11.5 Å². The smallest absolute Gasteiger partial charge is 0.272 e. The lowest BCUT2D eigenvalue weighted by atomic mass is 10.1. The summed E-state index contributed by atoms with van der Waals surface area (Å²) in [4.78, 5) is 15.4. The highest BCUT2D eigenvalue weighted by Crippen LogP contribution is 2.27. The average Bonchev–Trinajstić information content (AvgIpc) is 3.10. The van der Waals surface area contributed by atoms with Gasteiger partial charge < -0.3 is 9.64 Å². The topological polar surface area (TPSA) is 58.8 Å². The minimum Gasteiger partial charge on any atom is -0.493 e. The second-order valence-corrected chi connectivity index (χ2v) is 7.03. The quantitative estimate of drug-likeness (QED) is 0.624. The van der Waals surface area contributed by atoms with E-state index < -0.39 is 0 Å². The molecule has 4 rings (SSSR count). The molecule has 2 aromatic rings. The van der Waals surface area contributed by atoms with Crippen LogP contribution in [0.3, 0.4) is 0 Å². The Morgan fingerprint density at radius 2 is 1.92 bits per heavy atom. The molecule has 1 fully saturated rings. The molecular weight excluding hydrogens is 330 g/mol. The summed E-state index contributed by atoms with van der Waals surface area (Å²) in [5.41, 5.74) is 4.64. The van der Waals surface area contributed by atoms with Gasteiger partial charge in [-0.3, -0.25) is 15.0 Å². The predicted molar refractivity (Wildman–Crippen MR) is 101 cm³/mol. The first-order valence-corrected chi connectivity index (χ1v) is 9.07. The number of nitro groups is 1. The highest BCUT2D eigenvalue weighted by molar-refractivity contribution is 5.55. The molecule has 0 amide bonds. The SMILES string of the molecule is Cc1cc(N2CCN(Cc3ccc4c(c3)CCO4)CC2)ccc1[N+](=O)[O-]. The van der Waals surface area contributed by atoms with Gasteiger partial charge in [-0.15, -0.1) is 0 Å². The lowest BCUT2D eigenvalue weighted by Crippen LogP contribution is -2.46. The Balaban J connectivity index is 1.37. The number of ether oxygens (including phenoxy) is 1. The van der Waals surface area contributed by atoms with Crippen LogP contribution >= 0.6 is 0 Å². The zero-order valence-electron chi connectivity index (χ0n) is 15.0. The van der Waals surface area contributed by atoms with Crippen molar-refractivity contribution in [2.24, 2.45) is 0 Å². The highest BCUT2D eigenvalue weighted by Gasteiger charge is 2.20. The van der Waals surface area contributed by atoms with Crippen molar-refractivity contribution < 1.29 is 9.66 Å². The van der Waals surface area contributed by atoms with Gasteiger partial charge in [-0.25, -0.2) is 0 Å². The number of hydrogen-bond donors (Lipinski definition) is 0. The molecule has 0 unspecified atom stereocenters. The number of benzene rings is 2. The van der Waals surface area contributed by atoms with Crippen LogP contribution in [0.2, 0.25) is 0 Å². The predicted octanol–water partition coefficient (Wildman–Crippen LogP) is 3.16. The highest BCUT2D eigenvalue weighted by atomic mass is 16.6. The number of fused-ring (bicyclic) bond motifs is 1. The van der Waals surface area contributed by atoms with Gasteiger partial charge >= 0.3 is 0 Å². The standard InChI is InChI=1S/C20H23N3O3/c1-15-12-18(3-4-19(15)23(24)25)22-9-7-21(8-10-22)14-16-2-5-20-17(13-16)6-11-26-20/h2-5,12-13H,6-11,14H2,1H3. The van der Waals surface area contributed by atoms with Gasteiger partial charge in [0.25, 0.3) is 5.69 Å². The van der Waals surface area contributed by atoms with Gasteiger partial charge in [-0.05, 0) is 36.2 Å². The summed E-state index contributed by atoms with van der Waals surface area (Å²) in [7, 11) is 0. The van der Waals surface area contributed by atoms with Crippen LogP contribution in [0.25, 0.3) is 0 Å². The summed E-state index contributed by atoms with van der Waals surface area (Å²) >= 11 is 0. The van der Waals surface area contributed by atoms with Crippen molar-refractivity contribution in [1.82, 2.24) is 4.90 Å². The summed E-state index contributed by atoms with van der Waals surface area (Å²) < 4.78 is 5.58. The number of anilines is 1. The largest absolute Gasteiger partial charge is 0.493 e. The minimum atomic E-state index is -0.321. The lowest BCUT2D eigenvalue weighted by Gasteiger charge is -2.36. The Kier molecular flexibility index (Phi) is 4.51. The molecule has 1 saturated heterocycles. The molecule has 0 N–H and O–H groups in total. The summed E-state index contributed by atoms with van der Waals surface area (Å²) in [6.07, 6.45) is 1.01. The van der Waals surface area contributed by atoms with E-state index in [-0.39, 0.29) is 10.6 Å². The van der Waals surface area contributed by atoms with E-state index in [0.29, 0.717) is 0 Å². The average molecular weight is 353 g/mol. The number of hydrogen-bond acceptors (Lipinski definition) is 5. The van der Waals surface area contributed by atoms with E-state index in [9.17, 15) is 10.1 Å². The Labute approximate surface area is 153 Å². The number of nitrogens with zero attached hydrogens (tertiary/aromatic N) is 3. The first-order valence-electron chi connectivity index (χ1n) is 9.07. The molecular formula is C20H23N3O3. The molecule has 2 aliphatic heterocycles. The molecule has 136 valence electrons. The van der Waals surface area contributed by atoms with Crippen molar-refractivity contribution in [3.63, 3.8) is 0 Å². The molecule has 0 spiro atoms. The van der Waals surface area contributed by atoms with E-state index in [2.05, 4.69) is 28.0 Å². The van der Waals surface area contributed by atoms with E-state index in [0.717, 1.165) is 62.8 Å². The monoisotopic (exact) mass is 353 g/mol. The second kappa shape index (κ2) is 6.96. The number of piperazine rings is 1. The van der Waals surface area contributed by atoms with Crippen LogP contribution in [0.5, 0.6) is 5.75 Å². The lowest BCUT2D eigenvalue weighted by molar-refractivity contribution is -0.385. The maximum absolute atomic E-state index is 11.0. The summed E-state index contributed by atoms with van der Waals surface area (Å²) in [6.45, 7) is 7.41. The molecule has 2 aromatic carbocycles. The fourth-order valence-electron chi connectivity index (χ4n) is 3.80. The molecule has 2 heterocycles. The first-order chi connectivity index (χ1) is 12.6. The van der Waals surface area contributed by atoms with Crippen LogP contribution in [0.15, 0.2) is 36.4 Å². The van der Waals surface area contributed by atoms with Gasteiger partial charge in [-0.2, -0.15) is 0 Å². The van der Waals surface area contributed by atoms with Crippen molar-refractivity contribution in [3.05, 3.63) is 63.2 Å². The van der Waals surface area contributed by atoms with E-state index in [4.69, 9.17) is 4.74 Å². The fourth-order valence-corrected chi connectivity index (χ4v) is 3.80. The molecule has 0 aromatic heterocycles. The van der Waals surface area contributed by atoms with Gasteiger partial charge in [0, 0.05) is 56.5 Å². The van der Waals surface area contributed by atoms with Gasteiger partial charge in [0.15, 0.2) is 0 Å². The molecule has 0 aliphatic carbocycles. The number of aryl methyl sites for hydroxylation is 1. The van der Waals surface area contributed by atoms with Crippen molar-refractivity contribution in [2.45, 2.75) is 19.9 Å². The van der Waals surface area contributed by atoms with Gasteiger partial charge in [-0.1, -0.05) is 12.1 Å². The molecule has 0 radical (unpaired) electrons. The van der Waals surface area contributed by atoms with Crippen molar-refractivity contribution in [2.75, 3.05) is 37.7 Å². The Bertz CT molecular complexity index is 829. The summed E-state index contributed by atoms with van der Waals surface area (Å²) in [6, 6.07) is 11.9. The van der Waals surface area contributed by atoms with E-state index in [1.165, 1.54) is 11.1 Å². The summed E-state index contributed by atoms with van der Waals surface area (Å²) in [5.74, 6) is 1.03. The minimum absolute atomic E-state index is 0.188. The van der Waals surface area contributed by atoms with E-state index in [1.807, 2.05) is 12.1 Å². The van der Waals surface area contributed by atoms with Crippen LogP contribution in [-0.4, -0.2) is 42.6 Å². The maximum atomic E-state index is 11.0. The number of nitro benzene ring substituents is 1. The molecule has 6 nitrogen and oxygen atoms in total. The second-order valence-electron chi connectivity index (χ2n) is 7.03. The van der Waals surface area contributed by atoms with Gasteiger partial charge in [0.1, 0.15) is 5.75 Å². The Morgan fingerprint density at radius 1 is 1.12 bits per heavy atom. The molecule has 6 heteroatoms. The maximum Gasteiger partial charge on any atom is 0.272 e. The van der Waals surface area contributed by atoms with Gasteiger partial charge in [0.2, 0.25) is 0 Å². The number of rotatable bonds is 4. The van der Waals surface area contributed by atoms with Crippen LogP contribution in [-0.2, 0) is 13.0 Å². The van der Waals surface area contributed by atoms with Crippen LogP contribution in [0.4, 0.5) is 11.4 Å². The molecule has 26 heavy (non-hydrogen) atoms. The molecule has 2 aliphatic rings. The molecule has 0 saturated carbocycles. The molecule has 0 bridgehead atoms. The van der Waals surface area contributed by atoms with Crippen molar-refractivity contribution in [1.29, 1.82) is 0 Å². The Morgan fingerprint density at radius 3 is 2.65 bits per heavy atom. The fraction of sp³-hybridized carbons (Fsp3) is 0.400. The Hall–Kier alpha value is -2.60. The third-order valence-corrected chi connectivity index (χ3v) is 5.27. The van der Waals surface area contributed by atoms with Crippen molar-refractivity contribution in [3.8, 4) is 5.75 Å². The third-order valence-electron chi connectivity index (χ3n) is 5.27. The van der Waals surface area contributed by atoms with E-state index >= 15 is 0 Å². The van der Waals surface area contributed by atoms with E-state index in [1.54, 1.807) is 13.0 Å². The normalized spacial score (nSPS) is 17.0. The zero-order valence-corrected chi connectivity index (χ0v) is 15.0. The van der Waals surface area contributed by atoms with Crippen LogP contribution < -0.4 is 9.64 Å². The summed E-state index contributed by atoms with van der Waals surface area (Å²) in [5, 5.41) is 11.0. The zero-order chi connectivity index (χ0) is 18.1.